The van der Waals surface area contributed by atoms with Crippen molar-refractivity contribution in [1.29, 1.82) is 0 Å². The Bertz CT molecular complexity index is 395. The van der Waals surface area contributed by atoms with E-state index in [1.807, 2.05) is 6.92 Å². The molecule has 0 fully saturated rings. The molecule has 0 aliphatic carbocycles. The van der Waals surface area contributed by atoms with Crippen molar-refractivity contribution < 1.29 is 5.11 Å². The van der Waals surface area contributed by atoms with Crippen molar-refractivity contribution in [1.82, 2.24) is 14.5 Å². The van der Waals surface area contributed by atoms with Gasteiger partial charge in [0.1, 0.15) is 17.3 Å². The molecule has 0 saturated heterocycles. The van der Waals surface area contributed by atoms with Crippen molar-refractivity contribution in [2.24, 2.45) is 0 Å². The van der Waals surface area contributed by atoms with Crippen LogP contribution in [-0.2, 0) is 19.5 Å². The van der Waals surface area contributed by atoms with E-state index in [9.17, 15) is 5.11 Å². The summed E-state index contributed by atoms with van der Waals surface area (Å²) in [5.74, 6) is 1.17. The van der Waals surface area contributed by atoms with Crippen molar-refractivity contribution in [3.63, 3.8) is 0 Å². The van der Waals surface area contributed by atoms with Crippen LogP contribution in [0.3, 0.4) is 0 Å². The van der Waals surface area contributed by atoms with Gasteiger partial charge < -0.3 is 9.67 Å². The number of hydrogen-bond acceptors (Lipinski definition) is 3. The Morgan fingerprint density at radius 1 is 1.53 bits per heavy atom. The number of imidazole rings is 1. The number of aliphatic hydroxyl groups is 1. The van der Waals surface area contributed by atoms with Crippen LogP contribution in [0.5, 0.6) is 0 Å². The second-order valence-electron chi connectivity index (χ2n) is 4.01. The molecule has 0 saturated carbocycles. The van der Waals surface area contributed by atoms with Crippen molar-refractivity contribution in [3.05, 3.63) is 23.8 Å². The highest BCUT2D eigenvalue weighted by atomic mass is 16.3. The first-order valence-corrected chi connectivity index (χ1v) is 5.28. The molecule has 1 aromatic heterocycles. The third kappa shape index (κ3) is 1.65. The number of aromatic nitrogens is 2. The summed E-state index contributed by atoms with van der Waals surface area (Å²) in [6, 6.07) is 0. The average Bonchev–Trinajstić information content (AvgIpc) is 2.54. The molecule has 4 heteroatoms. The van der Waals surface area contributed by atoms with Crippen molar-refractivity contribution in [3.8, 4) is 0 Å². The number of fused-ring (bicyclic) bond motifs is 1. The third-order valence-electron chi connectivity index (χ3n) is 2.84. The fourth-order valence-electron chi connectivity index (χ4n) is 2.08. The highest BCUT2D eigenvalue weighted by Gasteiger charge is 2.22. The van der Waals surface area contributed by atoms with Crippen molar-refractivity contribution >= 4 is 5.76 Å². The van der Waals surface area contributed by atoms with Crippen LogP contribution in [0.25, 0.3) is 5.76 Å². The molecule has 82 valence electrons. The summed E-state index contributed by atoms with van der Waals surface area (Å²) in [6.45, 7) is 8.38. The van der Waals surface area contributed by atoms with Crippen molar-refractivity contribution in [2.45, 2.75) is 26.4 Å². The molecule has 0 spiro atoms. The van der Waals surface area contributed by atoms with Crippen LogP contribution in [0.4, 0.5) is 0 Å². The van der Waals surface area contributed by atoms with Gasteiger partial charge in [0.15, 0.2) is 0 Å². The molecule has 4 nitrogen and oxygen atoms in total. The van der Waals surface area contributed by atoms with E-state index in [1.54, 1.807) is 0 Å². The molecule has 0 atom stereocenters. The Labute approximate surface area is 89.8 Å². The maximum atomic E-state index is 9.58. The van der Waals surface area contributed by atoms with E-state index in [0.29, 0.717) is 0 Å². The number of hydrogen-bond donors (Lipinski definition) is 1. The molecule has 0 radical (unpaired) electrons. The highest BCUT2D eigenvalue weighted by Crippen LogP contribution is 2.22. The van der Waals surface area contributed by atoms with E-state index in [-0.39, 0.29) is 5.76 Å². The molecule has 0 bridgehead atoms. The van der Waals surface area contributed by atoms with Gasteiger partial charge in [-0.2, -0.15) is 0 Å². The summed E-state index contributed by atoms with van der Waals surface area (Å²) >= 11 is 0. The fourth-order valence-corrected chi connectivity index (χ4v) is 2.08. The lowest BCUT2D eigenvalue weighted by Gasteiger charge is -2.24. The Balaban J connectivity index is 2.49. The maximum absolute atomic E-state index is 9.58. The second kappa shape index (κ2) is 3.70. The summed E-state index contributed by atoms with van der Waals surface area (Å²) in [5, 5.41) is 9.58. The van der Waals surface area contributed by atoms with Gasteiger partial charge in [-0.05, 0) is 13.5 Å². The summed E-state index contributed by atoms with van der Waals surface area (Å²) in [6.07, 6.45) is 0.832. The minimum absolute atomic E-state index is 0.134. The number of nitrogens with zero attached hydrogens (tertiary/aromatic N) is 3. The average molecular weight is 207 g/mol. The molecule has 1 N–H and O–H groups in total. The smallest absolute Gasteiger partial charge is 0.134 e. The lowest BCUT2D eigenvalue weighted by molar-refractivity contribution is 0.263. The van der Waals surface area contributed by atoms with Crippen LogP contribution < -0.4 is 0 Å². The second-order valence-corrected chi connectivity index (χ2v) is 4.01. The number of aliphatic hydroxyl groups excluding tert-OH is 1. The number of rotatable bonds is 2. The van der Waals surface area contributed by atoms with Gasteiger partial charge in [-0.15, -0.1) is 0 Å². The number of aryl methyl sites for hydroxylation is 1. The minimum atomic E-state index is 0.134. The predicted molar refractivity (Wildman–Crippen MR) is 59.6 cm³/mol. The lowest BCUT2D eigenvalue weighted by atomic mass is 10.2. The van der Waals surface area contributed by atoms with E-state index in [4.69, 9.17) is 0 Å². The Kier molecular flexibility index (Phi) is 2.52. The molecular weight excluding hydrogens is 190 g/mol. The van der Waals surface area contributed by atoms with Gasteiger partial charge in [0.25, 0.3) is 0 Å². The van der Waals surface area contributed by atoms with E-state index in [1.165, 1.54) is 0 Å². The first kappa shape index (κ1) is 10.2. The highest BCUT2D eigenvalue weighted by molar-refractivity contribution is 5.55. The van der Waals surface area contributed by atoms with Crippen LogP contribution in [0, 0.1) is 0 Å². The zero-order valence-electron chi connectivity index (χ0n) is 9.32. The SMILES string of the molecule is C=C(O)c1c(CC)nc2n1CCN(C)C2. The lowest BCUT2D eigenvalue weighted by Crippen LogP contribution is -2.31. The van der Waals surface area contributed by atoms with Crippen LogP contribution in [0.2, 0.25) is 0 Å². The van der Waals surface area contributed by atoms with Crippen LogP contribution in [0.15, 0.2) is 6.58 Å². The fraction of sp³-hybridized carbons (Fsp3) is 0.545. The van der Waals surface area contributed by atoms with E-state index in [2.05, 4.69) is 28.1 Å². The molecule has 2 heterocycles. The summed E-state index contributed by atoms with van der Waals surface area (Å²) in [4.78, 5) is 6.77. The molecule has 1 aliphatic heterocycles. The number of likely N-dealkylation sites (N-methyl/N-ethyl adjacent to an activating group) is 1. The van der Waals surface area contributed by atoms with Gasteiger partial charge in [0.05, 0.1) is 12.2 Å². The largest absolute Gasteiger partial charge is 0.506 e. The van der Waals surface area contributed by atoms with E-state index < -0.39 is 0 Å². The molecule has 1 aliphatic rings. The summed E-state index contributed by atoms with van der Waals surface area (Å²) < 4.78 is 2.08. The molecular formula is C11H17N3O. The van der Waals surface area contributed by atoms with Gasteiger partial charge in [-0.3, -0.25) is 4.90 Å². The van der Waals surface area contributed by atoms with Gasteiger partial charge in [0, 0.05) is 13.1 Å². The third-order valence-corrected chi connectivity index (χ3v) is 2.84. The van der Waals surface area contributed by atoms with Crippen LogP contribution in [0.1, 0.15) is 24.1 Å². The van der Waals surface area contributed by atoms with Gasteiger partial charge in [-0.1, -0.05) is 13.5 Å². The monoisotopic (exact) mass is 207 g/mol. The van der Waals surface area contributed by atoms with Crippen LogP contribution in [-0.4, -0.2) is 33.1 Å². The molecule has 0 unspecified atom stereocenters. The van der Waals surface area contributed by atoms with Gasteiger partial charge in [-0.25, -0.2) is 4.98 Å². The predicted octanol–water partition coefficient (Wildman–Crippen LogP) is 1.42. The van der Waals surface area contributed by atoms with E-state index in [0.717, 1.165) is 43.3 Å². The maximum Gasteiger partial charge on any atom is 0.134 e. The Morgan fingerprint density at radius 3 is 2.87 bits per heavy atom. The van der Waals surface area contributed by atoms with Crippen molar-refractivity contribution in [2.75, 3.05) is 13.6 Å². The first-order valence-electron chi connectivity index (χ1n) is 5.28. The Hall–Kier alpha value is -1.29. The first-order chi connectivity index (χ1) is 7.13. The molecule has 0 aromatic carbocycles. The molecule has 2 rings (SSSR count). The van der Waals surface area contributed by atoms with Crippen LogP contribution >= 0.6 is 0 Å². The quantitative estimate of drug-likeness (QED) is 0.746. The molecule has 15 heavy (non-hydrogen) atoms. The summed E-state index contributed by atoms with van der Waals surface area (Å²) in [7, 11) is 2.08. The standard InChI is InChI=1S/C11H17N3O/c1-4-9-11(8(2)15)14-6-5-13(3)7-10(14)12-9/h15H,2,4-7H2,1,3H3. The van der Waals surface area contributed by atoms with Gasteiger partial charge in [0.2, 0.25) is 0 Å². The van der Waals surface area contributed by atoms with E-state index >= 15 is 0 Å². The summed E-state index contributed by atoms with van der Waals surface area (Å²) in [5.41, 5.74) is 1.77. The zero-order valence-corrected chi connectivity index (χ0v) is 9.32. The molecule has 0 amide bonds. The normalized spacial score (nSPS) is 16.4. The topological polar surface area (TPSA) is 41.3 Å². The zero-order chi connectivity index (χ0) is 11.0. The minimum Gasteiger partial charge on any atom is -0.506 e. The van der Waals surface area contributed by atoms with Gasteiger partial charge >= 0.3 is 0 Å². The molecule has 1 aromatic rings. The Morgan fingerprint density at radius 2 is 2.27 bits per heavy atom.